The molecule has 0 fully saturated rings. The maximum absolute atomic E-state index is 12.9. The molecule has 2 unspecified atom stereocenters. The number of halogens is 1. The SMILES string of the molecule is CCc1ccc(NC(=O)C(NC(=O)c2ccc(Cl)cc2)C(C)CC)cc1S(N)(=O)=O. The van der Waals surface area contributed by atoms with Crippen LogP contribution in [0.1, 0.15) is 43.1 Å². The van der Waals surface area contributed by atoms with Crippen molar-refractivity contribution < 1.29 is 18.0 Å². The molecule has 30 heavy (non-hydrogen) atoms. The molecule has 2 aromatic rings. The average molecular weight is 452 g/mol. The normalized spacial score (nSPS) is 13.4. The molecule has 0 radical (unpaired) electrons. The lowest BCUT2D eigenvalue weighted by atomic mass is 9.97. The molecule has 0 bridgehead atoms. The van der Waals surface area contributed by atoms with Crippen molar-refractivity contribution in [1.82, 2.24) is 5.32 Å². The van der Waals surface area contributed by atoms with Gasteiger partial charge >= 0.3 is 0 Å². The highest BCUT2D eigenvalue weighted by Crippen LogP contribution is 2.21. The molecule has 0 aliphatic carbocycles. The zero-order valence-corrected chi connectivity index (χ0v) is 18.7. The van der Waals surface area contributed by atoms with Crippen molar-refractivity contribution in [3.8, 4) is 0 Å². The van der Waals surface area contributed by atoms with E-state index in [-0.39, 0.29) is 16.5 Å². The third-order valence-electron chi connectivity index (χ3n) is 4.91. The number of hydrogen-bond acceptors (Lipinski definition) is 4. The van der Waals surface area contributed by atoms with Crippen LogP contribution >= 0.6 is 11.6 Å². The first kappa shape index (κ1) is 23.9. The van der Waals surface area contributed by atoms with Gasteiger partial charge in [0.15, 0.2) is 0 Å². The van der Waals surface area contributed by atoms with Crippen molar-refractivity contribution in [2.45, 2.75) is 44.6 Å². The molecule has 2 amide bonds. The molecule has 0 aromatic heterocycles. The van der Waals surface area contributed by atoms with Gasteiger partial charge in [-0.05, 0) is 54.3 Å². The van der Waals surface area contributed by atoms with E-state index >= 15 is 0 Å². The van der Waals surface area contributed by atoms with Crippen molar-refractivity contribution in [3.63, 3.8) is 0 Å². The first-order valence-corrected chi connectivity index (χ1v) is 11.5. The Balaban J connectivity index is 2.25. The summed E-state index contributed by atoms with van der Waals surface area (Å²) in [5, 5.41) is 11.2. The number of carbonyl (C=O) groups excluding carboxylic acids is 2. The molecule has 2 rings (SSSR count). The molecule has 0 aliphatic heterocycles. The zero-order valence-electron chi connectivity index (χ0n) is 17.1. The summed E-state index contributed by atoms with van der Waals surface area (Å²) in [5.74, 6) is -1.01. The predicted octanol–water partition coefficient (Wildman–Crippen LogP) is 3.33. The van der Waals surface area contributed by atoms with Gasteiger partial charge in [-0.15, -0.1) is 0 Å². The van der Waals surface area contributed by atoms with Crippen LogP contribution in [0.2, 0.25) is 5.02 Å². The van der Waals surface area contributed by atoms with Crippen molar-refractivity contribution in [1.29, 1.82) is 0 Å². The van der Waals surface area contributed by atoms with E-state index in [1.54, 1.807) is 36.4 Å². The highest BCUT2D eigenvalue weighted by molar-refractivity contribution is 7.89. The first-order chi connectivity index (χ1) is 14.1. The highest BCUT2D eigenvalue weighted by atomic mass is 35.5. The lowest BCUT2D eigenvalue weighted by Gasteiger charge is -2.24. The third-order valence-corrected chi connectivity index (χ3v) is 6.16. The number of carbonyl (C=O) groups is 2. The standard InChI is InChI=1S/C21H26ClN3O4S/c1-4-13(3)19(25-20(26)15-6-9-16(22)10-7-15)21(27)24-17-11-8-14(5-2)18(12-17)30(23,28)29/h6-13,19H,4-5H2,1-3H3,(H,24,27)(H,25,26)(H2,23,28,29). The summed E-state index contributed by atoms with van der Waals surface area (Å²) in [6, 6.07) is 10.1. The summed E-state index contributed by atoms with van der Waals surface area (Å²) < 4.78 is 23.7. The van der Waals surface area contributed by atoms with Crippen molar-refractivity contribution in [3.05, 3.63) is 58.6 Å². The Hall–Kier alpha value is -2.42. The number of sulfonamides is 1. The summed E-state index contributed by atoms with van der Waals surface area (Å²) in [5.41, 5.74) is 1.23. The maximum atomic E-state index is 12.9. The highest BCUT2D eigenvalue weighted by Gasteiger charge is 2.27. The fourth-order valence-electron chi connectivity index (χ4n) is 2.94. The number of primary sulfonamides is 1. The van der Waals surface area contributed by atoms with Crippen molar-refractivity contribution in [2.24, 2.45) is 11.1 Å². The van der Waals surface area contributed by atoms with Gasteiger partial charge in [0.1, 0.15) is 6.04 Å². The Labute approximate surface area is 182 Å². The van der Waals surface area contributed by atoms with Gasteiger partial charge in [0, 0.05) is 16.3 Å². The second-order valence-corrected chi connectivity index (χ2v) is 9.02. The summed E-state index contributed by atoms with van der Waals surface area (Å²) in [4.78, 5) is 25.5. The number of hydrogen-bond donors (Lipinski definition) is 3. The monoisotopic (exact) mass is 451 g/mol. The van der Waals surface area contributed by atoms with E-state index in [1.165, 1.54) is 6.07 Å². The van der Waals surface area contributed by atoms with E-state index in [1.807, 2.05) is 20.8 Å². The molecule has 2 atom stereocenters. The van der Waals surface area contributed by atoms with Crippen LogP contribution in [0.5, 0.6) is 0 Å². The maximum Gasteiger partial charge on any atom is 0.251 e. The zero-order chi connectivity index (χ0) is 22.5. The number of amides is 2. The molecular weight excluding hydrogens is 426 g/mol. The minimum atomic E-state index is -3.94. The van der Waals surface area contributed by atoms with E-state index in [9.17, 15) is 18.0 Å². The number of rotatable bonds is 8. The van der Waals surface area contributed by atoms with Crippen molar-refractivity contribution >= 4 is 39.1 Å². The molecule has 4 N–H and O–H groups in total. The second-order valence-electron chi connectivity index (χ2n) is 7.05. The van der Waals surface area contributed by atoms with E-state index in [0.717, 1.165) is 0 Å². The summed E-state index contributed by atoms with van der Waals surface area (Å²) in [7, 11) is -3.94. The second kappa shape index (κ2) is 10.1. The molecule has 0 saturated carbocycles. The quantitative estimate of drug-likeness (QED) is 0.570. The molecule has 2 aromatic carbocycles. The molecule has 0 saturated heterocycles. The smallest absolute Gasteiger partial charge is 0.251 e. The van der Waals surface area contributed by atoms with Gasteiger partial charge in [0.2, 0.25) is 15.9 Å². The summed E-state index contributed by atoms with van der Waals surface area (Å²) >= 11 is 5.85. The Morgan fingerprint density at radius 1 is 1.10 bits per heavy atom. The van der Waals surface area contributed by atoms with Crippen molar-refractivity contribution in [2.75, 3.05) is 5.32 Å². The largest absolute Gasteiger partial charge is 0.340 e. The van der Waals surface area contributed by atoms with Crippen LogP contribution in [-0.2, 0) is 21.2 Å². The Morgan fingerprint density at radius 3 is 2.27 bits per heavy atom. The molecule has 9 heteroatoms. The van der Waals surface area contributed by atoms with Crippen LogP contribution in [0.15, 0.2) is 47.4 Å². The van der Waals surface area contributed by atoms with Gasteiger partial charge in [0.25, 0.3) is 5.91 Å². The summed E-state index contributed by atoms with van der Waals surface area (Å²) in [6.07, 6.45) is 1.13. The fourth-order valence-corrected chi connectivity index (χ4v) is 3.93. The molecule has 162 valence electrons. The summed E-state index contributed by atoms with van der Waals surface area (Å²) in [6.45, 7) is 5.57. The van der Waals surface area contributed by atoms with Crippen LogP contribution in [0.3, 0.4) is 0 Å². The molecule has 0 heterocycles. The van der Waals surface area contributed by atoms with Crippen LogP contribution in [0.25, 0.3) is 0 Å². The number of anilines is 1. The topological polar surface area (TPSA) is 118 Å². The average Bonchev–Trinajstić information content (AvgIpc) is 2.71. The van der Waals surface area contributed by atoms with E-state index in [2.05, 4.69) is 10.6 Å². The number of nitrogens with two attached hydrogens (primary N) is 1. The van der Waals surface area contributed by atoms with E-state index < -0.39 is 27.9 Å². The Bertz CT molecular complexity index is 1020. The van der Waals surface area contributed by atoms with E-state index in [4.69, 9.17) is 16.7 Å². The minimum Gasteiger partial charge on any atom is -0.340 e. The van der Waals surface area contributed by atoms with Crippen LogP contribution in [0, 0.1) is 5.92 Å². The van der Waals surface area contributed by atoms with E-state index in [0.29, 0.717) is 29.0 Å². The van der Waals surface area contributed by atoms with Gasteiger partial charge in [-0.2, -0.15) is 0 Å². The van der Waals surface area contributed by atoms with Gasteiger partial charge in [0.05, 0.1) is 4.90 Å². The van der Waals surface area contributed by atoms with Crippen LogP contribution < -0.4 is 15.8 Å². The minimum absolute atomic E-state index is 0.0342. The number of benzene rings is 2. The van der Waals surface area contributed by atoms with Gasteiger partial charge in [-0.1, -0.05) is 44.9 Å². The third kappa shape index (κ3) is 6.04. The number of aryl methyl sites for hydroxylation is 1. The fraction of sp³-hybridized carbons (Fsp3) is 0.333. The van der Waals surface area contributed by atoms with Gasteiger partial charge < -0.3 is 10.6 Å². The first-order valence-electron chi connectivity index (χ1n) is 9.59. The number of nitrogens with one attached hydrogen (secondary N) is 2. The van der Waals surface area contributed by atoms with Crippen LogP contribution in [0.4, 0.5) is 5.69 Å². The predicted molar refractivity (Wildman–Crippen MR) is 118 cm³/mol. The molecule has 7 nitrogen and oxygen atoms in total. The van der Waals surface area contributed by atoms with Crippen LogP contribution in [-0.4, -0.2) is 26.3 Å². The Morgan fingerprint density at radius 2 is 1.73 bits per heavy atom. The Kier molecular flexibility index (Phi) is 8.00. The molecule has 0 spiro atoms. The van der Waals surface area contributed by atoms with Gasteiger partial charge in [-0.25, -0.2) is 13.6 Å². The lowest BCUT2D eigenvalue weighted by Crippen LogP contribution is -2.47. The molecular formula is C21H26ClN3O4S. The molecule has 0 aliphatic rings. The lowest BCUT2D eigenvalue weighted by molar-refractivity contribution is -0.119. The van der Waals surface area contributed by atoms with Gasteiger partial charge in [-0.3, -0.25) is 9.59 Å².